The van der Waals surface area contributed by atoms with Crippen LogP contribution in [0, 0.1) is 10.1 Å². The van der Waals surface area contributed by atoms with Crippen molar-refractivity contribution in [3.8, 4) is 0 Å². The van der Waals surface area contributed by atoms with Gasteiger partial charge in [-0.05, 0) is 0 Å². The molecule has 6 nitrogen and oxygen atoms in total. The summed E-state index contributed by atoms with van der Waals surface area (Å²) in [5.41, 5.74) is 0.497. The van der Waals surface area contributed by atoms with Gasteiger partial charge < -0.3 is 10.6 Å². The zero-order chi connectivity index (χ0) is 13.4. The lowest BCUT2D eigenvalue weighted by Gasteiger charge is -2.06. The Kier molecular flexibility index (Phi) is 5.53. The van der Waals surface area contributed by atoms with Crippen molar-refractivity contribution >= 4 is 11.6 Å². The van der Waals surface area contributed by atoms with Gasteiger partial charge in [0.05, 0.1) is 11.5 Å². The van der Waals surface area contributed by atoms with E-state index in [1.807, 2.05) is 0 Å². The summed E-state index contributed by atoms with van der Waals surface area (Å²) in [7, 11) is 0. The summed E-state index contributed by atoms with van der Waals surface area (Å²) in [5.74, 6) is -0.213. The molecule has 0 aliphatic rings. The molecule has 0 saturated heterocycles. The first-order valence-electron chi connectivity index (χ1n) is 5.45. The molecular weight excluding hydrogens is 234 g/mol. The number of nitro benzene ring substituents is 1. The monoisotopic (exact) mass is 249 g/mol. The van der Waals surface area contributed by atoms with Crippen molar-refractivity contribution in [2.45, 2.75) is 6.54 Å². The van der Waals surface area contributed by atoms with E-state index in [1.54, 1.807) is 24.3 Å². The lowest BCUT2D eigenvalue weighted by atomic mass is 10.2. The molecule has 0 bridgehead atoms. The van der Waals surface area contributed by atoms with Crippen LogP contribution in [0.3, 0.4) is 0 Å². The Morgan fingerprint density at radius 2 is 2.17 bits per heavy atom. The van der Waals surface area contributed by atoms with E-state index in [1.165, 1.54) is 6.07 Å². The molecule has 96 valence electrons. The van der Waals surface area contributed by atoms with E-state index in [0.29, 0.717) is 12.1 Å². The van der Waals surface area contributed by atoms with Crippen LogP contribution in [0.2, 0.25) is 0 Å². The van der Waals surface area contributed by atoms with Gasteiger partial charge in [-0.15, -0.1) is 6.58 Å². The van der Waals surface area contributed by atoms with E-state index in [2.05, 4.69) is 17.2 Å². The van der Waals surface area contributed by atoms with Crippen LogP contribution in [0.4, 0.5) is 5.69 Å². The van der Waals surface area contributed by atoms with Gasteiger partial charge in [0.15, 0.2) is 0 Å². The molecular formula is C12H15N3O3. The van der Waals surface area contributed by atoms with Crippen molar-refractivity contribution in [3.05, 3.63) is 52.6 Å². The number of carbonyl (C=O) groups excluding carboxylic acids is 1. The third-order valence-corrected chi connectivity index (χ3v) is 2.24. The summed E-state index contributed by atoms with van der Waals surface area (Å²) in [6.45, 7) is 4.36. The fourth-order valence-corrected chi connectivity index (χ4v) is 1.38. The van der Waals surface area contributed by atoms with Crippen molar-refractivity contribution in [1.29, 1.82) is 0 Å². The average molecular weight is 249 g/mol. The second-order valence-corrected chi connectivity index (χ2v) is 3.58. The van der Waals surface area contributed by atoms with Gasteiger partial charge in [-0.1, -0.05) is 24.3 Å². The molecule has 0 saturated carbocycles. The van der Waals surface area contributed by atoms with Gasteiger partial charge in [-0.25, -0.2) is 0 Å². The minimum atomic E-state index is -0.461. The SMILES string of the molecule is C=CCNCC(=O)NCc1ccccc1[N+](=O)[O-]. The Bertz CT molecular complexity index is 446. The summed E-state index contributed by atoms with van der Waals surface area (Å²) < 4.78 is 0. The van der Waals surface area contributed by atoms with Crippen LogP contribution in [0.25, 0.3) is 0 Å². The highest BCUT2D eigenvalue weighted by Gasteiger charge is 2.12. The van der Waals surface area contributed by atoms with E-state index in [0.717, 1.165) is 0 Å². The molecule has 0 heterocycles. The second-order valence-electron chi connectivity index (χ2n) is 3.58. The van der Waals surface area contributed by atoms with E-state index < -0.39 is 4.92 Å². The van der Waals surface area contributed by atoms with Crippen LogP contribution < -0.4 is 10.6 Å². The van der Waals surface area contributed by atoms with Crippen LogP contribution in [0.15, 0.2) is 36.9 Å². The molecule has 0 unspecified atom stereocenters. The summed E-state index contributed by atoms with van der Waals surface area (Å²) in [6.07, 6.45) is 1.65. The van der Waals surface area contributed by atoms with E-state index in [9.17, 15) is 14.9 Å². The predicted molar refractivity (Wildman–Crippen MR) is 68.0 cm³/mol. The number of hydrogen-bond acceptors (Lipinski definition) is 4. The zero-order valence-electron chi connectivity index (χ0n) is 9.89. The minimum Gasteiger partial charge on any atom is -0.351 e. The predicted octanol–water partition coefficient (Wildman–Crippen LogP) is 0.987. The van der Waals surface area contributed by atoms with E-state index in [-0.39, 0.29) is 24.7 Å². The lowest BCUT2D eigenvalue weighted by molar-refractivity contribution is -0.385. The second kappa shape index (κ2) is 7.18. The standard InChI is InChI=1S/C12H15N3O3/c1-2-7-13-9-12(16)14-8-10-5-3-4-6-11(10)15(17)18/h2-6,13H,1,7-9H2,(H,14,16). The molecule has 0 aliphatic carbocycles. The van der Waals surface area contributed by atoms with Gasteiger partial charge in [0.1, 0.15) is 0 Å². The number of rotatable bonds is 7. The summed E-state index contributed by atoms with van der Waals surface area (Å²) in [6, 6.07) is 6.33. The molecule has 0 atom stereocenters. The quantitative estimate of drug-likeness (QED) is 0.326. The van der Waals surface area contributed by atoms with Gasteiger partial charge in [-0.3, -0.25) is 14.9 Å². The van der Waals surface area contributed by atoms with Crippen molar-refractivity contribution in [2.24, 2.45) is 0 Å². The van der Waals surface area contributed by atoms with Gasteiger partial charge >= 0.3 is 0 Å². The summed E-state index contributed by atoms with van der Waals surface area (Å²) in [4.78, 5) is 21.7. The topological polar surface area (TPSA) is 84.3 Å². The van der Waals surface area contributed by atoms with Gasteiger partial charge in [0, 0.05) is 24.7 Å². The number of benzene rings is 1. The van der Waals surface area contributed by atoms with Crippen LogP contribution in [-0.2, 0) is 11.3 Å². The maximum absolute atomic E-state index is 11.4. The highest BCUT2D eigenvalue weighted by molar-refractivity contribution is 5.78. The van der Waals surface area contributed by atoms with Crippen LogP contribution in [0.1, 0.15) is 5.56 Å². The number of nitro groups is 1. The number of hydrogen-bond donors (Lipinski definition) is 2. The first-order chi connectivity index (χ1) is 8.65. The number of para-hydroxylation sites is 1. The molecule has 0 aromatic heterocycles. The Hall–Kier alpha value is -2.21. The molecule has 1 rings (SSSR count). The van der Waals surface area contributed by atoms with E-state index in [4.69, 9.17) is 0 Å². The maximum atomic E-state index is 11.4. The first-order valence-corrected chi connectivity index (χ1v) is 5.45. The normalized spacial score (nSPS) is 9.78. The molecule has 0 aliphatic heterocycles. The highest BCUT2D eigenvalue weighted by Crippen LogP contribution is 2.16. The van der Waals surface area contributed by atoms with Crippen molar-refractivity contribution in [3.63, 3.8) is 0 Å². The Balaban J connectivity index is 2.50. The smallest absolute Gasteiger partial charge is 0.274 e. The third kappa shape index (κ3) is 4.34. The van der Waals surface area contributed by atoms with Gasteiger partial charge in [0.25, 0.3) is 5.69 Å². The fraction of sp³-hybridized carbons (Fsp3) is 0.250. The number of carbonyl (C=O) groups is 1. The molecule has 0 radical (unpaired) electrons. The highest BCUT2D eigenvalue weighted by atomic mass is 16.6. The fourth-order valence-electron chi connectivity index (χ4n) is 1.38. The van der Waals surface area contributed by atoms with Crippen molar-refractivity contribution < 1.29 is 9.72 Å². The largest absolute Gasteiger partial charge is 0.351 e. The minimum absolute atomic E-state index is 0.0110. The number of nitrogens with one attached hydrogen (secondary N) is 2. The van der Waals surface area contributed by atoms with Crippen LogP contribution in [0.5, 0.6) is 0 Å². The molecule has 1 amide bonds. The Labute approximate surface area is 105 Å². The number of nitrogens with zero attached hydrogens (tertiary/aromatic N) is 1. The number of amides is 1. The molecule has 0 spiro atoms. The van der Waals surface area contributed by atoms with Crippen LogP contribution >= 0.6 is 0 Å². The summed E-state index contributed by atoms with van der Waals surface area (Å²) in [5, 5.41) is 16.2. The Morgan fingerprint density at radius 1 is 1.44 bits per heavy atom. The van der Waals surface area contributed by atoms with Crippen molar-refractivity contribution in [2.75, 3.05) is 13.1 Å². The third-order valence-electron chi connectivity index (χ3n) is 2.24. The molecule has 6 heteroatoms. The molecule has 2 N–H and O–H groups in total. The average Bonchev–Trinajstić information content (AvgIpc) is 2.37. The van der Waals surface area contributed by atoms with Gasteiger partial charge in [0.2, 0.25) is 5.91 Å². The van der Waals surface area contributed by atoms with E-state index >= 15 is 0 Å². The molecule has 0 fully saturated rings. The van der Waals surface area contributed by atoms with Crippen molar-refractivity contribution in [1.82, 2.24) is 10.6 Å². The molecule has 1 aromatic rings. The Morgan fingerprint density at radius 3 is 2.83 bits per heavy atom. The van der Waals surface area contributed by atoms with Gasteiger partial charge in [-0.2, -0.15) is 0 Å². The molecule has 1 aromatic carbocycles. The molecule has 18 heavy (non-hydrogen) atoms. The zero-order valence-corrected chi connectivity index (χ0v) is 9.89. The summed E-state index contributed by atoms with van der Waals surface area (Å²) >= 11 is 0. The lowest BCUT2D eigenvalue weighted by Crippen LogP contribution is -2.33. The van der Waals surface area contributed by atoms with Crippen LogP contribution in [-0.4, -0.2) is 23.9 Å². The first kappa shape index (κ1) is 13.9. The maximum Gasteiger partial charge on any atom is 0.274 e.